The molecule has 0 atom stereocenters. The Bertz CT molecular complexity index is 119. The average Bonchev–Trinajstić information content (AvgIpc) is 2.19. The highest BCUT2D eigenvalue weighted by Gasteiger charge is 2.17. The van der Waals surface area contributed by atoms with Crippen molar-refractivity contribution in [2.45, 2.75) is 31.8 Å². The van der Waals surface area contributed by atoms with E-state index in [1.54, 1.807) is 7.11 Å². The second-order valence-electron chi connectivity index (χ2n) is 3.69. The lowest BCUT2D eigenvalue weighted by Gasteiger charge is -2.30. The number of hydrogen-bond donors (Lipinski definition) is 0. The van der Waals surface area contributed by atoms with Crippen molar-refractivity contribution in [1.82, 2.24) is 4.90 Å². The summed E-state index contributed by atoms with van der Waals surface area (Å²) in [4.78, 5) is 2.44. The van der Waals surface area contributed by atoms with E-state index in [1.807, 2.05) is 0 Å². The van der Waals surface area contributed by atoms with Crippen LogP contribution in [0, 0.1) is 0 Å². The zero-order valence-corrected chi connectivity index (χ0v) is 8.50. The van der Waals surface area contributed by atoms with Crippen LogP contribution in [0.25, 0.3) is 0 Å². The first-order chi connectivity index (χ1) is 6.36. The van der Waals surface area contributed by atoms with Crippen molar-refractivity contribution in [2.24, 2.45) is 0 Å². The minimum absolute atomic E-state index is 0.0779. The molecule has 0 saturated carbocycles. The highest BCUT2D eigenvalue weighted by atomic mass is 16.5. The molecular formula is C10H20NO2. The van der Waals surface area contributed by atoms with Crippen molar-refractivity contribution in [1.29, 1.82) is 0 Å². The summed E-state index contributed by atoms with van der Waals surface area (Å²) in [6, 6.07) is 0. The van der Waals surface area contributed by atoms with Gasteiger partial charge in [-0.05, 0) is 32.2 Å². The molecule has 1 aliphatic heterocycles. The molecule has 1 aliphatic rings. The zero-order chi connectivity index (χ0) is 9.52. The zero-order valence-electron chi connectivity index (χ0n) is 8.50. The maximum atomic E-state index is 10.2. The van der Waals surface area contributed by atoms with Gasteiger partial charge in [0.25, 0.3) is 0 Å². The summed E-state index contributed by atoms with van der Waals surface area (Å²) >= 11 is 0. The second kappa shape index (κ2) is 6.35. The van der Waals surface area contributed by atoms with E-state index in [1.165, 1.54) is 0 Å². The Kier molecular flexibility index (Phi) is 5.35. The molecule has 0 spiro atoms. The van der Waals surface area contributed by atoms with E-state index < -0.39 is 0 Å². The molecule has 0 aromatic heterocycles. The first-order valence-electron chi connectivity index (χ1n) is 5.20. The molecule has 77 valence electrons. The van der Waals surface area contributed by atoms with Gasteiger partial charge in [-0.25, -0.2) is 5.11 Å². The Balaban J connectivity index is 2.03. The van der Waals surface area contributed by atoms with Crippen molar-refractivity contribution >= 4 is 0 Å². The van der Waals surface area contributed by atoms with Crippen LogP contribution in [0.3, 0.4) is 0 Å². The molecule has 0 N–H and O–H groups in total. The van der Waals surface area contributed by atoms with Crippen LogP contribution < -0.4 is 0 Å². The summed E-state index contributed by atoms with van der Waals surface area (Å²) in [5.41, 5.74) is 0. The van der Waals surface area contributed by atoms with Gasteiger partial charge in [-0.3, -0.25) is 0 Å². The molecule has 1 heterocycles. The van der Waals surface area contributed by atoms with Gasteiger partial charge in [0.15, 0.2) is 0 Å². The van der Waals surface area contributed by atoms with Crippen LogP contribution in [0.5, 0.6) is 0 Å². The molecule has 1 fully saturated rings. The Labute approximate surface area is 80.7 Å². The molecule has 1 saturated heterocycles. The molecule has 0 bridgehead atoms. The molecule has 3 nitrogen and oxygen atoms in total. The number of likely N-dealkylation sites (tertiary alicyclic amines) is 1. The van der Waals surface area contributed by atoms with Crippen LogP contribution in [-0.2, 0) is 9.84 Å². The second-order valence-corrected chi connectivity index (χ2v) is 3.69. The molecule has 0 aliphatic carbocycles. The Morgan fingerprint density at radius 3 is 2.54 bits per heavy atom. The Morgan fingerprint density at radius 2 is 2.00 bits per heavy atom. The molecule has 0 aromatic carbocycles. The van der Waals surface area contributed by atoms with Gasteiger partial charge in [0, 0.05) is 20.2 Å². The van der Waals surface area contributed by atoms with E-state index in [2.05, 4.69) is 4.90 Å². The summed E-state index contributed by atoms with van der Waals surface area (Å²) in [5, 5.41) is 10.2. The first kappa shape index (κ1) is 11.0. The van der Waals surface area contributed by atoms with E-state index in [0.717, 1.165) is 45.3 Å². The third kappa shape index (κ3) is 4.07. The lowest BCUT2D eigenvalue weighted by atomic mass is 10.1. The van der Waals surface area contributed by atoms with Crippen molar-refractivity contribution in [3.05, 3.63) is 0 Å². The topological polar surface area (TPSA) is 32.4 Å². The Morgan fingerprint density at radius 1 is 1.31 bits per heavy atom. The summed E-state index contributed by atoms with van der Waals surface area (Å²) < 4.78 is 5.29. The smallest absolute Gasteiger partial charge is 0.0822 e. The van der Waals surface area contributed by atoms with Crippen molar-refractivity contribution in [3.63, 3.8) is 0 Å². The number of methoxy groups -OCH3 is 1. The van der Waals surface area contributed by atoms with E-state index >= 15 is 0 Å². The van der Waals surface area contributed by atoms with Gasteiger partial charge in [-0.1, -0.05) is 0 Å². The molecule has 0 unspecified atom stereocenters. The first-order valence-corrected chi connectivity index (χ1v) is 5.20. The lowest BCUT2D eigenvalue weighted by molar-refractivity contribution is 0.0400. The summed E-state index contributed by atoms with van der Waals surface area (Å²) in [6.45, 7) is 3.45. The number of piperidine rings is 1. The van der Waals surface area contributed by atoms with Crippen molar-refractivity contribution in [2.75, 3.05) is 33.4 Å². The van der Waals surface area contributed by atoms with Crippen LogP contribution in [-0.4, -0.2) is 44.4 Å². The van der Waals surface area contributed by atoms with Crippen molar-refractivity contribution in [3.8, 4) is 0 Å². The number of hydrogen-bond acceptors (Lipinski definition) is 2. The predicted octanol–water partition coefficient (Wildman–Crippen LogP) is 1.31. The number of rotatable bonds is 5. The molecule has 3 heteroatoms. The number of nitrogens with zero attached hydrogens (tertiary/aromatic N) is 1. The fourth-order valence-corrected chi connectivity index (χ4v) is 1.81. The van der Waals surface area contributed by atoms with Crippen LogP contribution in [0.15, 0.2) is 0 Å². The van der Waals surface area contributed by atoms with Crippen molar-refractivity contribution < 1.29 is 9.84 Å². The van der Waals surface area contributed by atoms with Crippen LogP contribution in [0.2, 0.25) is 0 Å². The highest BCUT2D eigenvalue weighted by Crippen LogP contribution is 2.12. The van der Waals surface area contributed by atoms with Gasteiger partial charge in [-0.2, -0.15) is 0 Å². The molecule has 1 radical (unpaired) electrons. The quantitative estimate of drug-likeness (QED) is 0.606. The number of ether oxygens (including phenoxy) is 1. The molecule has 0 aromatic rings. The van der Waals surface area contributed by atoms with E-state index in [-0.39, 0.29) is 6.61 Å². The van der Waals surface area contributed by atoms with E-state index in [4.69, 9.17) is 4.74 Å². The summed E-state index contributed by atoms with van der Waals surface area (Å²) in [5.74, 6) is 0. The van der Waals surface area contributed by atoms with E-state index in [9.17, 15) is 5.11 Å². The van der Waals surface area contributed by atoms with E-state index in [0.29, 0.717) is 6.10 Å². The third-order valence-corrected chi connectivity index (χ3v) is 2.74. The lowest BCUT2D eigenvalue weighted by Crippen LogP contribution is -2.37. The largest absolute Gasteiger partial charge is 0.381 e. The molecule has 0 amide bonds. The van der Waals surface area contributed by atoms with Crippen LogP contribution >= 0.6 is 0 Å². The molecule has 13 heavy (non-hydrogen) atoms. The maximum Gasteiger partial charge on any atom is 0.0822 e. The van der Waals surface area contributed by atoms with Gasteiger partial charge >= 0.3 is 0 Å². The fraction of sp³-hybridized carbons (Fsp3) is 1.00. The minimum atomic E-state index is 0.0779. The third-order valence-electron chi connectivity index (χ3n) is 2.74. The van der Waals surface area contributed by atoms with Gasteiger partial charge in [-0.15, -0.1) is 0 Å². The van der Waals surface area contributed by atoms with Crippen LogP contribution in [0.1, 0.15) is 25.7 Å². The number of unbranched alkanes of at least 4 members (excludes halogenated alkanes) is 1. The predicted molar refractivity (Wildman–Crippen MR) is 51.3 cm³/mol. The fourth-order valence-electron chi connectivity index (χ4n) is 1.81. The molecule has 1 rings (SSSR count). The van der Waals surface area contributed by atoms with Gasteiger partial charge in [0.1, 0.15) is 0 Å². The summed E-state index contributed by atoms with van der Waals surface area (Å²) in [7, 11) is 1.79. The average molecular weight is 186 g/mol. The Hall–Kier alpha value is -0.120. The van der Waals surface area contributed by atoms with Gasteiger partial charge in [0.2, 0.25) is 0 Å². The van der Waals surface area contributed by atoms with Gasteiger partial charge < -0.3 is 9.64 Å². The summed E-state index contributed by atoms with van der Waals surface area (Å²) in [6.07, 6.45) is 4.64. The normalized spacial score (nSPS) is 20.8. The van der Waals surface area contributed by atoms with Crippen LogP contribution in [0.4, 0.5) is 0 Å². The molecular weight excluding hydrogens is 166 g/mol. The standard InChI is InChI=1S/C10H20NO2/c1-13-10-4-7-11(8-5-10)6-2-3-9-12/h10H,2-9H2,1H3. The minimum Gasteiger partial charge on any atom is -0.381 e. The maximum absolute atomic E-state index is 10.2. The SMILES string of the molecule is COC1CCN(CCCC[O])CC1. The van der Waals surface area contributed by atoms with Gasteiger partial charge in [0.05, 0.1) is 12.7 Å². The highest BCUT2D eigenvalue weighted by molar-refractivity contribution is 4.71. The monoisotopic (exact) mass is 186 g/mol.